The normalized spacial score (nSPS) is 38.9. The van der Waals surface area contributed by atoms with E-state index in [0.717, 1.165) is 30.8 Å². The van der Waals surface area contributed by atoms with Gasteiger partial charge in [-0.3, -0.25) is 4.79 Å². The van der Waals surface area contributed by atoms with E-state index in [1.54, 1.807) is 0 Å². The highest BCUT2D eigenvalue weighted by atomic mass is 16.5. The number of methoxy groups -OCH3 is 1. The average molecular weight is 236 g/mol. The number of carbonyl (C=O) groups is 1. The maximum atomic E-state index is 10.6. The molecule has 0 N–H and O–H groups in total. The Labute approximate surface area is 104 Å². The number of allylic oxidation sites excluding steroid dienone is 2. The van der Waals surface area contributed by atoms with Crippen molar-refractivity contribution in [3.8, 4) is 0 Å². The molecule has 3 unspecified atom stereocenters. The van der Waals surface area contributed by atoms with Crippen LogP contribution in [0.4, 0.5) is 0 Å². The predicted molar refractivity (Wildman–Crippen MR) is 68.7 cm³/mol. The number of ether oxygens (including phenoxy) is 1. The van der Waals surface area contributed by atoms with Crippen molar-refractivity contribution in [3.63, 3.8) is 0 Å². The third kappa shape index (κ3) is 1.87. The number of carbonyl (C=O) groups excluding carboxylic acids is 1. The third-order valence-corrected chi connectivity index (χ3v) is 5.42. The summed E-state index contributed by atoms with van der Waals surface area (Å²) < 4.78 is 5.43. The first-order valence-corrected chi connectivity index (χ1v) is 6.59. The second kappa shape index (κ2) is 4.24. The number of fused-ring (bicyclic) bond motifs is 1. The summed E-state index contributed by atoms with van der Waals surface area (Å²) in [6.45, 7) is 7.56. The molecule has 0 heterocycles. The van der Waals surface area contributed by atoms with Gasteiger partial charge in [0.15, 0.2) is 0 Å². The van der Waals surface area contributed by atoms with E-state index >= 15 is 0 Å². The molecule has 96 valence electrons. The van der Waals surface area contributed by atoms with Gasteiger partial charge in [0.2, 0.25) is 0 Å². The molecule has 2 nitrogen and oxygen atoms in total. The van der Waals surface area contributed by atoms with Crippen LogP contribution in [0.5, 0.6) is 0 Å². The van der Waals surface area contributed by atoms with Gasteiger partial charge in [-0.05, 0) is 49.0 Å². The van der Waals surface area contributed by atoms with Crippen LogP contribution in [-0.4, -0.2) is 20.0 Å². The number of hydrogen-bond donors (Lipinski definition) is 0. The molecule has 2 aliphatic rings. The van der Waals surface area contributed by atoms with Crippen LogP contribution in [0.2, 0.25) is 0 Å². The molecule has 2 rings (SSSR count). The minimum Gasteiger partial charge on any atom is -0.384 e. The zero-order valence-electron chi connectivity index (χ0n) is 11.5. The highest BCUT2D eigenvalue weighted by Gasteiger charge is 2.69. The van der Waals surface area contributed by atoms with E-state index in [0.29, 0.717) is 16.7 Å². The Hall–Kier alpha value is -0.630. The summed E-state index contributed by atoms with van der Waals surface area (Å²) in [5.41, 5.74) is 1.63. The zero-order chi connectivity index (χ0) is 12.7. The van der Waals surface area contributed by atoms with Crippen LogP contribution in [0.1, 0.15) is 40.0 Å². The van der Waals surface area contributed by atoms with E-state index in [2.05, 4.69) is 19.9 Å². The first-order chi connectivity index (χ1) is 7.98. The van der Waals surface area contributed by atoms with Gasteiger partial charge < -0.3 is 4.74 Å². The molecule has 0 aromatic carbocycles. The minimum absolute atomic E-state index is 0.341. The second-order valence-corrected chi connectivity index (χ2v) is 6.45. The SMILES string of the molecule is COCC12CC1CC(C/C=C(\C)C=O)C2(C)C. The zero-order valence-corrected chi connectivity index (χ0v) is 11.5. The fraction of sp³-hybridized carbons (Fsp3) is 0.800. The molecule has 0 aliphatic heterocycles. The van der Waals surface area contributed by atoms with Crippen LogP contribution >= 0.6 is 0 Å². The summed E-state index contributed by atoms with van der Waals surface area (Å²) in [4.78, 5) is 10.6. The Morgan fingerprint density at radius 2 is 2.18 bits per heavy atom. The summed E-state index contributed by atoms with van der Waals surface area (Å²) in [6, 6.07) is 0. The Morgan fingerprint density at radius 3 is 2.76 bits per heavy atom. The van der Waals surface area contributed by atoms with Gasteiger partial charge in [0, 0.05) is 12.5 Å². The molecule has 17 heavy (non-hydrogen) atoms. The molecule has 0 amide bonds. The minimum atomic E-state index is 0.341. The van der Waals surface area contributed by atoms with E-state index in [9.17, 15) is 4.79 Å². The summed E-state index contributed by atoms with van der Waals surface area (Å²) in [7, 11) is 1.81. The predicted octanol–water partition coefficient (Wildman–Crippen LogP) is 3.22. The van der Waals surface area contributed by atoms with Crippen LogP contribution < -0.4 is 0 Å². The monoisotopic (exact) mass is 236 g/mol. The molecular formula is C15H24O2. The van der Waals surface area contributed by atoms with Crippen molar-refractivity contribution in [3.05, 3.63) is 11.6 Å². The molecule has 2 saturated carbocycles. The van der Waals surface area contributed by atoms with Crippen molar-refractivity contribution >= 4 is 6.29 Å². The van der Waals surface area contributed by atoms with Gasteiger partial charge in [0.25, 0.3) is 0 Å². The van der Waals surface area contributed by atoms with Gasteiger partial charge in [-0.2, -0.15) is 0 Å². The molecule has 0 spiro atoms. The summed E-state index contributed by atoms with van der Waals surface area (Å²) in [5.74, 6) is 1.55. The lowest BCUT2D eigenvalue weighted by molar-refractivity contribution is -0.104. The Morgan fingerprint density at radius 1 is 1.47 bits per heavy atom. The Bertz CT molecular complexity index is 343. The second-order valence-electron chi connectivity index (χ2n) is 6.45. The number of rotatable bonds is 5. The fourth-order valence-corrected chi connectivity index (χ4v) is 3.91. The first-order valence-electron chi connectivity index (χ1n) is 6.59. The van der Waals surface area contributed by atoms with E-state index in [1.807, 2.05) is 14.0 Å². The molecule has 0 aromatic rings. The molecule has 0 radical (unpaired) electrons. The first kappa shape index (κ1) is 12.8. The standard InChI is InChI=1S/C15H24O2/c1-11(9-16)5-6-12-7-13-8-15(13,10-17-4)14(12,2)3/h5,9,12-13H,6-8,10H2,1-4H3/b11-5+. The molecule has 2 heteroatoms. The van der Waals surface area contributed by atoms with Gasteiger partial charge in [0.1, 0.15) is 6.29 Å². The van der Waals surface area contributed by atoms with Gasteiger partial charge >= 0.3 is 0 Å². The van der Waals surface area contributed by atoms with Crippen molar-refractivity contribution in [1.82, 2.24) is 0 Å². The fourth-order valence-electron chi connectivity index (χ4n) is 3.91. The highest BCUT2D eigenvalue weighted by Crippen LogP contribution is 2.74. The maximum absolute atomic E-state index is 10.6. The largest absolute Gasteiger partial charge is 0.384 e. The summed E-state index contributed by atoms with van der Waals surface area (Å²) in [6.07, 6.45) is 6.73. The van der Waals surface area contributed by atoms with Crippen LogP contribution in [0.15, 0.2) is 11.6 Å². The number of aldehydes is 1. The molecule has 2 fully saturated rings. The lowest BCUT2D eigenvalue weighted by Gasteiger charge is -2.36. The highest BCUT2D eigenvalue weighted by molar-refractivity contribution is 5.71. The summed E-state index contributed by atoms with van der Waals surface area (Å²) in [5, 5.41) is 0. The Balaban J connectivity index is 2.06. The van der Waals surface area contributed by atoms with Crippen molar-refractivity contribution in [2.45, 2.75) is 40.0 Å². The van der Waals surface area contributed by atoms with Crippen molar-refractivity contribution in [2.75, 3.05) is 13.7 Å². The number of hydrogen-bond acceptors (Lipinski definition) is 2. The van der Waals surface area contributed by atoms with E-state index in [1.165, 1.54) is 12.8 Å². The van der Waals surface area contributed by atoms with Crippen molar-refractivity contribution in [2.24, 2.45) is 22.7 Å². The molecular weight excluding hydrogens is 212 g/mol. The van der Waals surface area contributed by atoms with E-state index in [4.69, 9.17) is 4.74 Å². The van der Waals surface area contributed by atoms with Gasteiger partial charge in [0.05, 0.1) is 6.61 Å². The molecule has 0 aromatic heterocycles. The van der Waals surface area contributed by atoms with Crippen molar-refractivity contribution in [1.29, 1.82) is 0 Å². The van der Waals surface area contributed by atoms with Gasteiger partial charge in [-0.25, -0.2) is 0 Å². The summed E-state index contributed by atoms with van der Waals surface area (Å²) >= 11 is 0. The molecule has 0 saturated heterocycles. The molecule has 3 atom stereocenters. The lowest BCUT2D eigenvalue weighted by Crippen LogP contribution is -2.32. The average Bonchev–Trinajstić information content (AvgIpc) is 2.94. The van der Waals surface area contributed by atoms with Crippen LogP contribution in [0, 0.1) is 22.7 Å². The smallest absolute Gasteiger partial charge is 0.145 e. The maximum Gasteiger partial charge on any atom is 0.145 e. The topological polar surface area (TPSA) is 26.3 Å². The van der Waals surface area contributed by atoms with E-state index in [-0.39, 0.29) is 0 Å². The quantitative estimate of drug-likeness (QED) is 0.541. The van der Waals surface area contributed by atoms with E-state index < -0.39 is 0 Å². The van der Waals surface area contributed by atoms with Crippen LogP contribution in [-0.2, 0) is 9.53 Å². The Kier molecular flexibility index (Phi) is 3.19. The van der Waals surface area contributed by atoms with Crippen molar-refractivity contribution < 1.29 is 9.53 Å². The molecule has 2 aliphatic carbocycles. The van der Waals surface area contributed by atoms with Gasteiger partial charge in [-0.15, -0.1) is 0 Å². The molecule has 0 bridgehead atoms. The van der Waals surface area contributed by atoms with Gasteiger partial charge in [-0.1, -0.05) is 19.9 Å². The third-order valence-electron chi connectivity index (χ3n) is 5.42. The van der Waals surface area contributed by atoms with Crippen LogP contribution in [0.3, 0.4) is 0 Å². The van der Waals surface area contributed by atoms with Crippen LogP contribution in [0.25, 0.3) is 0 Å². The lowest BCUT2D eigenvalue weighted by atomic mass is 9.69.